The van der Waals surface area contributed by atoms with Gasteiger partial charge in [0.1, 0.15) is 13.2 Å². The summed E-state index contributed by atoms with van der Waals surface area (Å²) in [6.45, 7) is 0.989. The Morgan fingerprint density at radius 1 is 1.08 bits per heavy atom. The van der Waals surface area contributed by atoms with Gasteiger partial charge in [-0.2, -0.15) is 5.10 Å². The molecule has 0 radical (unpaired) electrons. The quantitative estimate of drug-likeness (QED) is 0.730. The Balaban J connectivity index is 1.51. The number of benzene rings is 1. The van der Waals surface area contributed by atoms with E-state index in [9.17, 15) is 8.42 Å². The van der Waals surface area contributed by atoms with Crippen molar-refractivity contribution in [2.24, 2.45) is 0 Å². The summed E-state index contributed by atoms with van der Waals surface area (Å²) in [5, 5.41) is 4.11. The van der Waals surface area contributed by atoms with Crippen molar-refractivity contribution in [1.29, 1.82) is 0 Å². The van der Waals surface area contributed by atoms with Gasteiger partial charge < -0.3 is 9.47 Å². The number of nitrogens with zero attached hydrogens (tertiary/aromatic N) is 3. The lowest BCUT2D eigenvalue weighted by atomic mass is 10.2. The van der Waals surface area contributed by atoms with Crippen molar-refractivity contribution in [3.63, 3.8) is 0 Å². The van der Waals surface area contributed by atoms with Crippen LogP contribution >= 0.6 is 0 Å². The summed E-state index contributed by atoms with van der Waals surface area (Å²) < 4.78 is 40.2. The first-order valence-electron chi connectivity index (χ1n) is 7.96. The number of hydrogen-bond acceptors (Lipinski definition) is 6. The largest absolute Gasteiger partial charge is 0.486 e. The lowest BCUT2D eigenvalue weighted by Gasteiger charge is -2.19. The van der Waals surface area contributed by atoms with Gasteiger partial charge in [0.25, 0.3) is 0 Å². The summed E-state index contributed by atoms with van der Waals surface area (Å²) in [6, 6.07) is 9.89. The molecule has 4 rings (SSSR count). The minimum absolute atomic E-state index is 0.128. The summed E-state index contributed by atoms with van der Waals surface area (Å²) >= 11 is 0. The lowest BCUT2D eigenvalue weighted by Crippen LogP contribution is -2.24. The molecule has 9 heteroatoms. The number of aromatic nitrogens is 3. The maximum atomic E-state index is 12.6. The molecule has 8 nitrogen and oxygen atoms in total. The van der Waals surface area contributed by atoms with Crippen molar-refractivity contribution >= 4 is 10.0 Å². The highest BCUT2D eigenvalue weighted by Crippen LogP contribution is 2.32. The number of fused-ring (bicyclic) bond motifs is 1. The normalized spacial score (nSPS) is 13.5. The molecule has 3 aromatic rings. The number of nitrogens with one attached hydrogen (secondary N) is 1. The molecule has 2 aromatic heterocycles. The van der Waals surface area contributed by atoms with Crippen LogP contribution in [0.5, 0.6) is 11.5 Å². The van der Waals surface area contributed by atoms with Gasteiger partial charge in [-0.25, -0.2) is 22.8 Å². The maximum Gasteiger partial charge on any atom is 0.241 e. The molecule has 0 spiro atoms. The SMILES string of the molecule is O=S(=O)(NCc1ccnc(-n2cccn2)c1)c1ccc2c(c1)OCCO2. The standard InChI is InChI=1S/C17H16N4O4S/c22-26(23,14-2-3-15-16(11-14)25-9-8-24-15)20-12-13-4-6-18-17(10-13)21-7-1-5-19-21/h1-7,10-11,20H,8-9,12H2. The molecule has 3 heterocycles. The molecule has 1 aliphatic heterocycles. The van der Waals surface area contributed by atoms with Crippen molar-refractivity contribution in [1.82, 2.24) is 19.5 Å². The molecule has 0 aliphatic carbocycles. The Labute approximate surface area is 150 Å². The van der Waals surface area contributed by atoms with E-state index in [2.05, 4.69) is 14.8 Å². The maximum absolute atomic E-state index is 12.6. The van der Waals surface area contributed by atoms with Gasteiger partial charge in [-0.05, 0) is 35.9 Å². The molecule has 0 saturated heterocycles. The van der Waals surface area contributed by atoms with Gasteiger partial charge in [0, 0.05) is 31.2 Å². The average Bonchev–Trinajstić information content (AvgIpc) is 3.21. The molecule has 134 valence electrons. The van der Waals surface area contributed by atoms with E-state index in [0.29, 0.717) is 30.5 Å². The molecule has 0 atom stereocenters. The third-order valence-corrected chi connectivity index (χ3v) is 5.24. The Morgan fingerprint density at radius 2 is 1.92 bits per heavy atom. The second kappa shape index (κ2) is 6.77. The summed E-state index contributed by atoms with van der Waals surface area (Å²) in [4.78, 5) is 4.35. The number of pyridine rings is 1. The van der Waals surface area contributed by atoms with E-state index in [1.54, 1.807) is 47.5 Å². The molecule has 0 bridgehead atoms. The molecule has 0 saturated carbocycles. The van der Waals surface area contributed by atoms with Crippen LogP contribution in [0.3, 0.4) is 0 Å². The lowest BCUT2D eigenvalue weighted by molar-refractivity contribution is 0.171. The fourth-order valence-corrected chi connectivity index (χ4v) is 3.59. The van der Waals surface area contributed by atoms with Gasteiger partial charge in [0.15, 0.2) is 17.3 Å². The van der Waals surface area contributed by atoms with E-state index < -0.39 is 10.0 Å². The van der Waals surface area contributed by atoms with Gasteiger partial charge in [-0.3, -0.25) is 0 Å². The zero-order valence-electron chi connectivity index (χ0n) is 13.7. The molecule has 0 fully saturated rings. The zero-order chi connectivity index (χ0) is 18.0. The van der Waals surface area contributed by atoms with Gasteiger partial charge in [0.05, 0.1) is 4.90 Å². The van der Waals surface area contributed by atoms with Gasteiger partial charge in [-0.1, -0.05) is 0 Å². The Kier molecular flexibility index (Phi) is 4.31. The van der Waals surface area contributed by atoms with Crippen molar-refractivity contribution < 1.29 is 17.9 Å². The van der Waals surface area contributed by atoms with Crippen molar-refractivity contribution in [3.05, 3.63) is 60.6 Å². The predicted molar refractivity (Wildman–Crippen MR) is 92.8 cm³/mol. The van der Waals surface area contributed by atoms with E-state index in [-0.39, 0.29) is 11.4 Å². The van der Waals surface area contributed by atoms with E-state index in [0.717, 1.165) is 5.56 Å². The fraction of sp³-hybridized carbons (Fsp3) is 0.176. The highest BCUT2D eigenvalue weighted by Gasteiger charge is 2.19. The highest BCUT2D eigenvalue weighted by molar-refractivity contribution is 7.89. The van der Waals surface area contributed by atoms with Crippen LogP contribution < -0.4 is 14.2 Å². The smallest absolute Gasteiger partial charge is 0.241 e. The average molecular weight is 372 g/mol. The first kappa shape index (κ1) is 16.6. The van der Waals surface area contributed by atoms with Gasteiger partial charge in [0.2, 0.25) is 10.0 Å². The number of ether oxygens (including phenoxy) is 2. The topological polar surface area (TPSA) is 95.3 Å². The van der Waals surface area contributed by atoms with Crippen LogP contribution in [-0.2, 0) is 16.6 Å². The van der Waals surface area contributed by atoms with Crippen LogP contribution in [0.25, 0.3) is 5.82 Å². The van der Waals surface area contributed by atoms with Gasteiger partial charge >= 0.3 is 0 Å². The Hall–Kier alpha value is -2.91. The van der Waals surface area contributed by atoms with Crippen molar-refractivity contribution in [2.45, 2.75) is 11.4 Å². The van der Waals surface area contributed by atoms with Crippen LogP contribution in [0.4, 0.5) is 0 Å². The van der Waals surface area contributed by atoms with Crippen LogP contribution in [0.15, 0.2) is 59.9 Å². The number of sulfonamides is 1. The first-order valence-corrected chi connectivity index (χ1v) is 9.44. The second-order valence-corrected chi connectivity index (χ2v) is 7.37. The second-order valence-electron chi connectivity index (χ2n) is 5.60. The summed E-state index contributed by atoms with van der Waals surface area (Å²) in [7, 11) is -3.69. The monoisotopic (exact) mass is 372 g/mol. The molecular weight excluding hydrogens is 356 g/mol. The fourth-order valence-electron chi connectivity index (χ4n) is 2.55. The molecular formula is C17H16N4O4S. The molecule has 1 aromatic carbocycles. The summed E-state index contributed by atoms with van der Waals surface area (Å²) in [5.74, 6) is 1.60. The molecule has 1 N–H and O–H groups in total. The summed E-state index contributed by atoms with van der Waals surface area (Å²) in [6.07, 6.45) is 5.04. The molecule has 1 aliphatic rings. The van der Waals surface area contributed by atoms with Crippen molar-refractivity contribution in [2.75, 3.05) is 13.2 Å². The highest BCUT2D eigenvalue weighted by atomic mass is 32.2. The van der Waals surface area contributed by atoms with E-state index in [1.165, 1.54) is 12.1 Å². The van der Waals surface area contributed by atoms with Crippen LogP contribution in [0, 0.1) is 0 Å². The molecule has 0 unspecified atom stereocenters. The number of hydrogen-bond donors (Lipinski definition) is 1. The van der Waals surface area contributed by atoms with Crippen LogP contribution in [0.2, 0.25) is 0 Å². The van der Waals surface area contributed by atoms with Gasteiger partial charge in [-0.15, -0.1) is 0 Å². The molecule has 26 heavy (non-hydrogen) atoms. The predicted octanol–water partition coefficient (Wildman–Crippen LogP) is 1.52. The summed E-state index contributed by atoms with van der Waals surface area (Å²) in [5.41, 5.74) is 0.770. The molecule has 0 amide bonds. The van der Waals surface area contributed by atoms with Crippen LogP contribution in [-0.4, -0.2) is 36.4 Å². The van der Waals surface area contributed by atoms with E-state index in [1.807, 2.05) is 0 Å². The number of rotatable bonds is 5. The van der Waals surface area contributed by atoms with Crippen LogP contribution in [0.1, 0.15) is 5.56 Å². The first-order chi connectivity index (χ1) is 12.6. The van der Waals surface area contributed by atoms with Crippen molar-refractivity contribution in [3.8, 4) is 17.3 Å². The van der Waals surface area contributed by atoms with E-state index >= 15 is 0 Å². The Bertz CT molecular complexity index is 1020. The Morgan fingerprint density at radius 3 is 2.73 bits per heavy atom. The third kappa shape index (κ3) is 3.39. The minimum Gasteiger partial charge on any atom is -0.486 e. The third-order valence-electron chi connectivity index (χ3n) is 3.84. The minimum atomic E-state index is -3.69. The van der Waals surface area contributed by atoms with E-state index in [4.69, 9.17) is 9.47 Å². The zero-order valence-corrected chi connectivity index (χ0v) is 14.5.